The third kappa shape index (κ3) is 3.54. The first-order valence-corrected chi connectivity index (χ1v) is 6.82. The highest BCUT2D eigenvalue weighted by molar-refractivity contribution is 5.97. The maximum absolute atomic E-state index is 12.1. The molecule has 0 aliphatic rings. The number of amides is 1. The average Bonchev–Trinajstić information content (AvgIpc) is 2.48. The number of phenols is 1. The summed E-state index contributed by atoms with van der Waals surface area (Å²) in [7, 11) is 3.97. The van der Waals surface area contributed by atoms with Gasteiger partial charge < -0.3 is 15.3 Å². The van der Waals surface area contributed by atoms with Crippen LogP contribution >= 0.6 is 0 Å². The Bertz CT molecular complexity index is 634. The van der Waals surface area contributed by atoms with Crippen molar-refractivity contribution in [2.24, 2.45) is 0 Å². The van der Waals surface area contributed by atoms with Gasteiger partial charge in [0.25, 0.3) is 5.91 Å². The van der Waals surface area contributed by atoms with E-state index in [0.29, 0.717) is 17.7 Å². The Morgan fingerprint density at radius 3 is 2.43 bits per heavy atom. The van der Waals surface area contributed by atoms with Crippen LogP contribution in [-0.4, -0.2) is 25.1 Å². The first-order valence-electron chi connectivity index (χ1n) is 6.82. The van der Waals surface area contributed by atoms with E-state index in [4.69, 9.17) is 0 Å². The minimum atomic E-state index is -0.270. The Balaban J connectivity index is 2.02. The minimum Gasteiger partial charge on any atom is -0.507 e. The number of rotatable bonds is 4. The lowest BCUT2D eigenvalue weighted by Crippen LogP contribution is -2.23. The molecule has 0 atom stereocenters. The van der Waals surface area contributed by atoms with Crippen LogP contribution in [0.15, 0.2) is 42.5 Å². The van der Waals surface area contributed by atoms with E-state index < -0.39 is 0 Å². The zero-order valence-corrected chi connectivity index (χ0v) is 12.6. The lowest BCUT2D eigenvalue weighted by molar-refractivity contribution is 0.0948. The molecule has 21 heavy (non-hydrogen) atoms. The molecule has 0 heterocycles. The number of aryl methyl sites for hydroxylation is 1. The van der Waals surface area contributed by atoms with E-state index in [2.05, 4.69) is 5.32 Å². The lowest BCUT2D eigenvalue weighted by atomic mass is 10.1. The molecule has 2 rings (SSSR count). The van der Waals surface area contributed by atoms with E-state index in [1.165, 1.54) is 0 Å². The first-order chi connectivity index (χ1) is 9.99. The molecule has 4 nitrogen and oxygen atoms in total. The van der Waals surface area contributed by atoms with Crippen molar-refractivity contribution in [1.82, 2.24) is 5.32 Å². The Labute approximate surface area is 125 Å². The lowest BCUT2D eigenvalue weighted by Gasteiger charge is -2.13. The number of nitrogens with zero attached hydrogens (tertiary/aromatic N) is 1. The third-order valence-electron chi connectivity index (χ3n) is 3.39. The number of aromatic hydroxyl groups is 1. The second kappa shape index (κ2) is 6.31. The predicted octanol–water partition coefficient (Wildman–Crippen LogP) is 2.70. The fraction of sp³-hybridized carbons (Fsp3) is 0.235. The summed E-state index contributed by atoms with van der Waals surface area (Å²) < 4.78 is 0. The van der Waals surface area contributed by atoms with Crippen molar-refractivity contribution in [1.29, 1.82) is 0 Å². The standard InChI is InChI=1S/C17H20N2O2/c1-12-5-4-6-15(16(12)20)17(21)18-11-13-7-9-14(10-8-13)19(2)3/h4-10,20H,11H2,1-3H3,(H,18,21). The first kappa shape index (κ1) is 14.9. The van der Waals surface area contributed by atoms with E-state index >= 15 is 0 Å². The van der Waals surface area contributed by atoms with Gasteiger partial charge in [-0.1, -0.05) is 24.3 Å². The number of phenolic OH excluding ortho intramolecular Hbond substituents is 1. The number of anilines is 1. The minimum absolute atomic E-state index is 0.0398. The summed E-state index contributed by atoms with van der Waals surface area (Å²) in [5.41, 5.74) is 3.13. The Hall–Kier alpha value is -2.49. The van der Waals surface area contributed by atoms with Crippen LogP contribution in [0.1, 0.15) is 21.5 Å². The van der Waals surface area contributed by atoms with Gasteiger partial charge in [0.05, 0.1) is 5.56 Å². The summed E-state index contributed by atoms with van der Waals surface area (Å²) in [6.07, 6.45) is 0. The van der Waals surface area contributed by atoms with Crippen LogP contribution in [0.3, 0.4) is 0 Å². The van der Waals surface area contributed by atoms with Crippen LogP contribution in [0, 0.1) is 6.92 Å². The van der Waals surface area contributed by atoms with Crippen molar-refractivity contribution in [3.8, 4) is 5.75 Å². The highest BCUT2D eigenvalue weighted by atomic mass is 16.3. The number of carbonyl (C=O) groups is 1. The summed E-state index contributed by atoms with van der Waals surface area (Å²) in [5, 5.41) is 12.7. The summed E-state index contributed by atoms with van der Waals surface area (Å²) in [6, 6.07) is 13.1. The van der Waals surface area contributed by atoms with Crippen molar-refractivity contribution >= 4 is 11.6 Å². The van der Waals surface area contributed by atoms with Gasteiger partial charge >= 0.3 is 0 Å². The van der Waals surface area contributed by atoms with Crippen LogP contribution in [0.4, 0.5) is 5.69 Å². The highest BCUT2D eigenvalue weighted by Crippen LogP contribution is 2.21. The number of carbonyl (C=O) groups excluding carboxylic acids is 1. The second-order valence-corrected chi connectivity index (χ2v) is 5.21. The van der Waals surface area contributed by atoms with E-state index in [0.717, 1.165) is 11.3 Å². The Morgan fingerprint density at radius 2 is 1.81 bits per heavy atom. The largest absolute Gasteiger partial charge is 0.507 e. The maximum atomic E-state index is 12.1. The molecule has 0 saturated heterocycles. The third-order valence-corrected chi connectivity index (χ3v) is 3.39. The molecule has 0 bridgehead atoms. The zero-order chi connectivity index (χ0) is 15.4. The molecule has 0 aromatic heterocycles. The molecular formula is C17H20N2O2. The fourth-order valence-electron chi connectivity index (χ4n) is 2.03. The smallest absolute Gasteiger partial charge is 0.255 e. The van der Waals surface area contributed by atoms with Crippen LogP contribution in [0.2, 0.25) is 0 Å². The van der Waals surface area contributed by atoms with Crippen LogP contribution < -0.4 is 10.2 Å². The zero-order valence-electron chi connectivity index (χ0n) is 12.6. The SMILES string of the molecule is Cc1cccc(C(=O)NCc2ccc(N(C)C)cc2)c1O. The number of hydrogen-bond donors (Lipinski definition) is 2. The molecule has 4 heteroatoms. The number of nitrogens with one attached hydrogen (secondary N) is 1. The van der Waals surface area contributed by atoms with Crippen molar-refractivity contribution in [3.05, 3.63) is 59.2 Å². The van der Waals surface area contributed by atoms with E-state index in [9.17, 15) is 9.90 Å². The molecule has 0 aliphatic heterocycles. The molecule has 0 saturated carbocycles. The topological polar surface area (TPSA) is 52.6 Å². The molecule has 1 amide bonds. The number of para-hydroxylation sites is 1. The van der Waals surface area contributed by atoms with E-state index in [1.807, 2.05) is 43.3 Å². The van der Waals surface area contributed by atoms with Gasteiger partial charge in [0, 0.05) is 26.3 Å². The van der Waals surface area contributed by atoms with Gasteiger partial charge in [-0.25, -0.2) is 0 Å². The quantitative estimate of drug-likeness (QED) is 0.907. The van der Waals surface area contributed by atoms with Gasteiger partial charge in [-0.3, -0.25) is 4.79 Å². The molecule has 2 aromatic rings. The van der Waals surface area contributed by atoms with Crippen LogP contribution in [-0.2, 0) is 6.54 Å². The molecule has 0 fully saturated rings. The van der Waals surface area contributed by atoms with Crippen LogP contribution in [0.25, 0.3) is 0 Å². The summed E-state index contributed by atoms with van der Waals surface area (Å²) in [5.74, 6) is -0.231. The fourth-order valence-corrected chi connectivity index (χ4v) is 2.03. The van der Waals surface area contributed by atoms with Gasteiger partial charge in [0.1, 0.15) is 5.75 Å². The van der Waals surface area contributed by atoms with Crippen molar-refractivity contribution in [3.63, 3.8) is 0 Å². The van der Waals surface area contributed by atoms with E-state index in [-0.39, 0.29) is 11.7 Å². The molecular weight excluding hydrogens is 264 g/mol. The second-order valence-electron chi connectivity index (χ2n) is 5.21. The summed E-state index contributed by atoms with van der Waals surface area (Å²) in [6.45, 7) is 2.20. The summed E-state index contributed by atoms with van der Waals surface area (Å²) >= 11 is 0. The molecule has 0 aliphatic carbocycles. The van der Waals surface area contributed by atoms with Gasteiger partial charge in [-0.2, -0.15) is 0 Å². The normalized spacial score (nSPS) is 10.2. The molecule has 2 N–H and O–H groups in total. The summed E-state index contributed by atoms with van der Waals surface area (Å²) in [4.78, 5) is 14.1. The number of benzene rings is 2. The van der Waals surface area contributed by atoms with Gasteiger partial charge in [-0.05, 0) is 36.2 Å². The highest BCUT2D eigenvalue weighted by Gasteiger charge is 2.11. The van der Waals surface area contributed by atoms with E-state index in [1.54, 1.807) is 25.1 Å². The molecule has 0 unspecified atom stereocenters. The van der Waals surface area contributed by atoms with Crippen LogP contribution in [0.5, 0.6) is 5.75 Å². The van der Waals surface area contributed by atoms with Crippen molar-refractivity contribution < 1.29 is 9.90 Å². The maximum Gasteiger partial charge on any atom is 0.255 e. The molecule has 0 radical (unpaired) electrons. The molecule has 0 spiro atoms. The van der Waals surface area contributed by atoms with Crippen molar-refractivity contribution in [2.75, 3.05) is 19.0 Å². The number of hydrogen-bond acceptors (Lipinski definition) is 3. The average molecular weight is 284 g/mol. The van der Waals surface area contributed by atoms with Gasteiger partial charge in [0.15, 0.2) is 0 Å². The molecule has 2 aromatic carbocycles. The monoisotopic (exact) mass is 284 g/mol. The predicted molar refractivity (Wildman–Crippen MR) is 84.8 cm³/mol. The Morgan fingerprint density at radius 1 is 1.14 bits per heavy atom. The molecule has 110 valence electrons. The van der Waals surface area contributed by atoms with Gasteiger partial charge in [-0.15, -0.1) is 0 Å². The van der Waals surface area contributed by atoms with Gasteiger partial charge in [0.2, 0.25) is 0 Å². The van der Waals surface area contributed by atoms with Crippen molar-refractivity contribution in [2.45, 2.75) is 13.5 Å². The Kier molecular flexibility index (Phi) is 4.48.